The average molecular weight is 225 g/mol. The van der Waals surface area contributed by atoms with E-state index in [1.54, 1.807) is 0 Å². The van der Waals surface area contributed by atoms with Crippen LogP contribution in [-0.2, 0) is 6.42 Å². The van der Waals surface area contributed by atoms with Crippen LogP contribution in [0.25, 0.3) is 0 Å². The third kappa shape index (κ3) is 5.09. The van der Waals surface area contributed by atoms with Gasteiger partial charge in [-0.05, 0) is 49.1 Å². The van der Waals surface area contributed by atoms with Crippen LogP contribution in [0.3, 0.4) is 0 Å². The van der Waals surface area contributed by atoms with Gasteiger partial charge in [0.15, 0.2) is 0 Å². The highest BCUT2D eigenvalue weighted by Gasteiger charge is 1.96. The van der Waals surface area contributed by atoms with Crippen LogP contribution < -0.4 is 10.5 Å². The Bertz CT molecular complexity index is 278. The Labute approximate surface area is 96.2 Å². The fourth-order valence-corrected chi connectivity index (χ4v) is 1.76. The Kier molecular flexibility index (Phi) is 6.28. The van der Waals surface area contributed by atoms with E-state index in [2.05, 4.69) is 18.4 Å². The normalized spacial score (nSPS) is 10.3. The zero-order valence-electron chi connectivity index (χ0n) is 9.24. The lowest BCUT2D eigenvalue weighted by atomic mass is 10.1. The van der Waals surface area contributed by atoms with E-state index in [4.69, 9.17) is 10.5 Å². The van der Waals surface area contributed by atoms with Gasteiger partial charge in [0.25, 0.3) is 0 Å². The van der Waals surface area contributed by atoms with Gasteiger partial charge in [0.2, 0.25) is 0 Å². The lowest BCUT2D eigenvalue weighted by Crippen LogP contribution is -2.03. The third-order valence-corrected chi connectivity index (χ3v) is 2.79. The number of rotatable bonds is 7. The van der Waals surface area contributed by atoms with Crippen LogP contribution in [0.15, 0.2) is 24.3 Å². The third-order valence-electron chi connectivity index (χ3n) is 2.09. The van der Waals surface area contributed by atoms with Gasteiger partial charge in [-0.2, -0.15) is 11.8 Å². The van der Waals surface area contributed by atoms with Crippen molar-refractivity contribution in [2.24, 2.45) is 5.73 Å². The van der Waals surface area contributed by atoms with Crippen molar-refractivity contribution in [1.29, 1.82) is 0 Å². The minimum Gasteiger partial charge on any atom is -0.494 e. The molecule has 1 aromatic rings. The van der Waals surface area contributed by atoms with Crippen LogP contribution in [0.2, 0.25) is 0 Å². The van der Waals surface area contributed by atoms with Gasteiger partial charge in [-0.15, -0.1) is 0 Å². The highest BCUT2D eigenvalue weighted by Crippen LogP contribution is 2.13. The number of hydrogen-bond acceptors (Lipinski definition) is 3. The van der Waals surface area contributed by atoms with Crippen LogP contribution in [-0.4, -0.2) is 25.2 Å². The van der Waals surface area contributed by atoms with Crippen LogP contribution in [0.5, 0.6) is 5.75 Å². The number of hydrogen-bond donors (Lipinski definition) is 1. The highest BCUT2D eigenvalue weighted by molar-refractivity contribution is 7.98. The second-order valence-corrected chi connectivity index (χ2v) is 4.37. The Hall–Kier alpha value is -0.670. The zero-order valence-corrected chi connectivity index (χ0v) is 10.1. The van der Waals surface area contributed by atoms with E-state index in [1.165, 1.54) is 5.56 Å². The Balaban J connectivity index is 2.36. The summed E-state index contributed by atoms with van der Waals surface area (Å²) in [5, 5.41) is 0. The molecule has 0 saturated heterocycles. The van der Waals surface area contributed by atoms with Crippen LogP contribution in [0.4, 0.5) is 0 Å². The lowest BCUT2D eigenvalue weighted by molar-refractivity contribution is 0.318. The number of ether oxygens (including phenoxy) is 1. The van der Waals surface area contributed by atoms with E-state index in [9.17, 15) is 0 Å². The Morgan fingerprint density at radius 2 is 2.27 bits per heavy atom. The van der Waals surface area contributed by atoms with E-state index in [1.807, 2.05) is 23.9 Å². The minimum absolute atomic E-state index is 0.690. The summed E-state index contributed by atoms with van der Waals surface area (Å²) in [6.45, 7) is 1.49. The van der Waals surface area contributed by atoms with E-state index >= 15 is 0 Å². The Morgan fingerprint density at radius 3 is 3.00 bits per heavy atom. The molecule has 3 heteroatoms. The molecule has 0 atom stereocenters. The average Bonchev–Trinajstić information content (AvgIpc) is 2.26. The molecule has 0 heterocycles. The molecule has 0 spiro atoms. The molecule has 1 rings (SSSR count). The van der Waals surface area contributed by atoms with Crippen LogP contribution in [0.1, 0.15) is 12.0 Å². The van der Waals surface area contributed by atoms with Crippen molar-refractivity contribution in [2.45, 2.75) is 12.8 Å². The van der Waals surface area contributed by atoms with Gasteiger partial charge in [-0.3, -0.25) is 0 Å². The Morgan fingerprint density at radius 1 is 1.40 bits per heavy atom. The fraction of sp³-hybridized carbons (Fsp3) is 0.500. The molecule has 0 fully saturated rings. The lowest BCUT2D eigenvalue weighted by Gasteiger charge is -2.07. The molecule has 0 saturated carbocycles. The maximum atomic E-state index is 5.64. The molecule has 0 amide bonds. The predicted octanol–water partition coefficient (Wildman–Crippen LogP) is 2.32. The first kappa shape index (κ1) is 12.4. The molecule has 84 valence electrons. The van der Waals surface area contributed by atoms with E-state index in [0.29, 0.717) is 6.54 Å². The van der Waals surface area contributed by atoms with Crippen molar-refractivity contribution in [3.8, 4) is 5.75 Å². The number of benzene rings is 1. The molecule has 0 bridgehead atoms. The van der Waals surface area contributed by atoms with E-state index in [0.717, 1.165) is 31.0 Å². The first-order valence-electron chi connectivity index (χ1n) is 5.27. The predicted molar refractivity (Wildman–Crippen MR) is 67.7 cm³/mol. The maximum absolute atomic E-state index is 5.64. The molecule has 0 aliphatic carbocycles. The molecule has 0 aliphatic heterocycles. The molecular weight excluding hydrogens is 206 g/mol. The minimum atomic E-state index is 0.690. The molecule has 1 aromatic carbocycles. The standard InChI is InChI=1S/C12H19NOS/c1-15-9-3-8-14-12-5-2-4-11(10-12)6-7-13/h2,4-5,10H,3,6-9,13H2,1H3. The SMILES string of the molecule is CSCCCOc1cccc(CCN)c1. The number of thioether (sulfide) groups is 1. The van der Waals surface area contributed by atoms with E-state index in [-0.39, 0.29) is 0 Å². The summed E-state index contributed by atoms with van der Waals surface area (Å²) in [5.74, 6) is 2.12. The van der Waals surface area contributed by atoms with Gasteiger partial charge >= 0.3 is 0 Å². The molecule has 15 heavy (non-hydrogen) atoms. The van der Waals surface area contributed by atoms with Crippen molar-refractivity contribution >= 4 is 11.8 Å². The summed E-state index contributed by atoms with van der Waals surface area (Å²) >= 11 is 1.85. The summed E-state index contributed by atoms with van der Waals surface area (Å²) in [6.07, 6.45) is 4.13. The van der Waals surface area contributed by atoms with Gasteiger partial charge in [0.1, 0.15) is 5.75 Å². The van der Waals surface area contributed by atoms with Gasteiger partial charge in [0, 0.05) is 0 Å². The molecule has 0 unspecified atom stereocenters. The van der Waals surface area contributed by atoms with Crippen molar-refractivity contribution < 1.29 is 4.74 Å². The second-order valence-electron chi connectivity index (χ2n) is 3.38. The van der Waals surface area contributed by atoms with Gasteiger partial charge < -0.3 is 10.5 Å². The summed E-state index contributed by atoms with van der Waals surface area (Å²) < 4.78 is 5.64. The summed E-state index contributed by atoms with van der Waals surface area (Å²) in [4.78, 5) is 0. The summed E-state index contributed by atoms with van der Waals surface area (Å²) in [7, 11) is 0. The maximum Gasteiger partial charge on any atom is 0.119 e. The van der Waals surface area contributed by atoms with Crippen molar-refractivity contribution in [3.63, 3.8) is 0 Å². The van der Waals surface area contributed by atoms with Gasteiger partial charge in [-0.1, -0.05) is 12.1 Å². The molecular formula is C12H19NOS. The van der Waals surface area contributed by atoms with Crippen molar-refractivity contribution in [1.82, 2.24) is 0 Å². The summed E-state index contributed by atoms with van der Waals surface area (Å²) in [6, 6.07) is 8.18. The first-order chi connectivity index (χ1) is 7.36. The monoisotopic (exact) mass is 225 g/mol. The highest BCUT2D eigenvalue weighted by atomic mass is 32.2. The summed E-state index contributed by atoms with van der Waals surface area (Å²) in [5.41, 5.74) is 6.76. The van der Waals surface area contributed by atoms with Crippen molar-refractivity contribution in [2.75, 3.05) is 25.2 Å². The smallest absolute Gasteiger partial charge is 0.119 e. The zero-order chi connectivity index (χ0) is 10.9. The molecule has 2 N–H and O–H groups in total. The quantitative estimate of drug-likeness (QED) is 0.723. The molecule has 0 aromatic heterocycles. The van der Waals surface area contributed by atoms with Gasteiger partial charge in [0.05, 0.1) is 6.61 Å². The van der Waals surface area contributed by atoms with Crippen LogP contribution in [0, 0.1) is 0 Å². The molecule has 0 aliphatic rings. The molecule has 2 nitrogen and oxygen atoms in total. The molecule has 0 radical (unpaired) electrons. The topological polar surface area (TPSA) is 35.2 Å². The number of nitrogens with two attached hydrogens (primary N) is 1. The second kappa shape index (κ2) is 7.60. The largest absolute Gasteiger partial charge is 0.494 e. The first-order valence-corrected chi connectivity index (χ1v) is 6.67. The van der Waals surface area contributed by atoms with E-state index < -0.39 is 0 Å². The van der Waals surface area contributed by atoms with Gasteiger partial charge in [-0.25, -0.2) is 0 Å². The fourth-order valence-electron chi connectivity index (χ4n) is 1.35. The van der Waals surface area contributed by atoms with Crippen LogP contribution >= 0.6 is 11.8 Å². The van der Waals surface area contributed by atoms with Crippen molar-refractivity contribution in [3.05, 3.63) is 29.8 Å².